The van der Waals surface area contributed by atoms with Crippen molar-refractivity contribution in [1.29, 1.82) is 0 Å². The van der Waals surface area contributed by atoms with Gasteiger partial charge in [-0.1, -0.05) is 13.8 Å². The number of aryl methyl sites for hydroxylation is 2. The van der Waals surface area contributed by atoms with E-state index in [0.29, 0.717) is 18.7 Å². The summed E-state index contributed by atoms with van der Waals surface area (Å²) in [4.78, 5) is 14.1. The first-order valence-electron chi connectivity index (χ1n) is 7.26. The predicted molar refractivity (Wildman–Crippen MR) is 79.3 cm³/mol. The van der Waals surface area contributed by atoms with Crippen molar-refractivity contribution in [2.45, 2.75) is 51.5 Å². The summed E-state index contributed by atoms with van der Waals surface area (Å²) in [5.41, 5.74) is 0.284. The van der Waals surface area contributed by atoms with Gasteiger partial charge in [0.05, 0.1) is 4.88 Å². The summed E-state index contributed by atoms with van der Waals surface area (Å²) in [5, 5.41) is 21.5. The summed E-state index contributed by atoms with van der Waals surface area (Å²) in [6, 6.07) is 2.12. The zero-order valence-corrected chi connectivity index (χ0v) is 13.0. The van der Waals surface area contributed by atoms with Crippen molar-refractivity contribution in [1.82, 2.24) is 20.2 Å². The predicted octanol–water partition coefficient (Wildman–Crippen LogP) is 2.49. The Morgan fingerprint density at radius 3 is 2.81 bits per heavy atom. The van der Waals surface area contributed by atoms with Crippen LogP contribution in [-0.4, -0.2) is 31.3 Å². The van der Waals surface area contributed by atoms with Gasteiger partial charge in [-0.3, -0.25) is 0 Å². The molecule has 1 aliphatic rings. The topological polar surface area (TPSA) is 80.9 Å². The zero-order valence-electron chi connectivity index (χ0n) is 12.2. The molecule has 112 valence electrons. The quantitative estimate of drug-likeness (QED) is 0.918. The van der Waals surface area contributed by atoms with E-state index >= 15 is 0 Å². The minimum atomic E-state index is -1.08. The average molecular weight is 306 g/mol. The average Bonchev–Trinajstić information content (AvgIpc) is 3.14. The largest absolute Gasteiger partial charge is 0.479 e. The van der Waals surface area contributed by atoms with Crippen molar-refractivity contribution < 1.29 is 9.90 Å². The van der Waals surface area contributed by atoms with E-state index < -0.39 is 11.5 Å². The fraction of sp³-hybridized carbons (Fsp3) is 0.571. The standard InChI is InChI=1S/C14H18N4O2S/c1-3-14(4-2,13(19)20)18-12(15-16-17-18)11-8-9-6-5-7-10(9)21-11/h8H,3-7H2,1-2H3,(H,19,20). The third-order valence-electron chi connectivity index (χ3n) is 4.41. The molecule has 0 fully saturated rings. The van der Waals surface area contributed by atoms with Gasteiger partial charge in [0, 0.05) is 4.88 Å². The number of fused-ring (bicyclic) bond motifs is 1. The smallest absolute Gasteiger partial charge is 0.331 e. The van der Waals surface area contributed by atoms with Crippen molar-refractivity contribution in [3.8, 4) is 10.7 Å². The van der Waals surface area contributed by atoms with Crippen molar-refractivity contribution >= 4 is 17.3 Å². The number of nitrogens with zero attached hydrogens (tertiary/aromatic N) is 4. The number of carboxylic acid groups (broad SMARTS) is 1. The lowest BCUT2D eigenvalue weighted by Gasteiger charge is -2.27. The highest BCUT2D eigenvalue weighted by atomic mass is 32.1. The molecule has 0 amide bonds. The molecule has 21 heavy (non-hydrogen) atoms. The summed E-state index contributed by atoms with van der Waals surface area (Å²) in [6.07, 6.45) is 4.30. The summed E-state index contributed by atoms with van der Waals surface area (Å²) in [6.45, 7) is 3.72. The van der Waals surface area contributed by atoms with E-state index in [4.69, 9.17) is 0 Å². The molecule has 2 aromatic heterocycles. The number of thiophene rings is 1. The van der Waals surface area contributed by atoms with Gasteiger partial charge in [-0.2, -0.15) is 0 Å². The van der Waals surface area contributed by atoms with Crippen molar-refractivity contribution in [3.63, 3.8) is 0 Å². The van der Waals surface area contributed by atoms with Crippen LogP contribution in [0.4, 0.5) is 0 Å². The zero-order chi connectivity index (χ0) is 15.0. The first-order chi connectivity index (χ1) is 10.1. The minimum Gasteiger partial charge on any atom is -0.479 e. The second kappa shape index (κ2) is 5.22. The maximum atomic E-state index is 11.8. The highest BCUT2D eigenvalue weighted by Gasteiger charge is 2.41. The lowest BCUT2D eigenvalue weighted by atomic mass is 9.93. The summed E-state index contributed by atoms with van der Waals surface area (Å²) in [7, 11) is 0. The number of tetrazole rings is 1. The monoisotopic (exact) mass is 306 g/mol. The van der Waals surface area contributed by atoms with Crippen LogP contribution in [-0.2, 0) is 23.2 Å². The number of carboxylic acids is 1. The van der Waals surface area contributed by atoms with Crippen LogP contribution >= 0.6 is 11.3 Å². The minimum absolute atomic E-state index is 0.446. The molecular weight excluding hydrogens is 288 g/mol. The van der Waals surface area contributed by atoms with Gasteiger partial charge in [0.2, 0.25) is 0 Å². The highest BCUT2D eigenvalue weighted by molar-refractivity contribution is 7.15. The maximum Gasteiger partial charge on any atom is 0.331 e. The second-order valence-corrected chi connectivity index (χ2v) is 6.51. The van der Waals surface area contributed by atoms with Gasteiger partial charge in [-0.25, -0.2) is 9.48 Å². The number of aliphatic carboxylic acids is 1. The molecule has 0 unspecified atom stereocenters. The second-order valence-electron chi connectivity index (χ2n) is 5.37. The number of aromatic nitrogens is 4. The summed E-state index contributed by atoms with van der Waals surface area (Å²) < 4.78 is 1.50. The Bertz CT molecular complexity index is 651. The van der Waals surface area contributed by atoms with Gasteiger partial charge in [-0.05, 0) is 54.2 Å². The Hall–Kier alpha value is -1.76. The lowest BCUT2D eigenvalue weighted by molar-refractivity contribution is -0.148. The van der Waals surface area contributed by atoms with Crippen molar-refractivity contribution in [2.75, 3.05) is 0 Å². The van der Waals surface area contributed by atoms with Gasteiger partial charge in [0.1, 0.15) is 0 Å². The van der Waals surface area contributed by atoms with Crippen LogP contribution in [0.2, 0.25) is 0 Å². The maximum absolute atomic E-state index is 11.8. The molecule has 0 saturated carbocycles. The molecule has 0 radical (unpaired) electrons. The van der Waals surface area contributed by atoms with Gasteiger partial charge in [0.15, 0.2) is 11.4 Å². The first kappa shape index (κ1) is 14.2. The van der Waals surface area contributed by atoms with Crippen LogP contribution in [0.3, 0.4) is 0 Å². The fourth-order valence-electron chi connectivity index (χ4n) is 3.01. The van der Waals surface area contributed by atoms with Crippen LogP contribution in [0.15, 0.2) is 6.07 Å². The third kappa shape index (κ3) is 2.07. The summed E-state index contributed by atoms with van der Waals surface area (Å²) in [5.74, 6) is -0.314. The van der Waals surface area contributed by atoms with Gasteiger partial charge in [0.25, 0.3) is 0 Å². The molecule has 2 aromatic rings. The molecule has 2 heterocycles. The molecule has 3 rings (SSSR count). The van der Waals surface area contributed by atoms with Gasteiger partial charge in [-0.15, -0.1) is 16.4 Å². The molecule has 0 spiro atoms. The Labute approximate surface area is 126 Å². The molecule has 6 nitrogen and oxygen atoms in total. The van der Waals surface area contributed by atoms with Gasteiger partial charge >= 0.3 is 5.97 Å². The Kier molecular flexibility index (Phi) is 3.52. The molecule has 0 bridgehead atoms. The van der Waals surface area contributed by atoms with Gasteiger partial charge < -0.3 is 5.11 Å². The molecule has 1 aliphatic carbocycles. The molecule has 0 aromatic carbocycles. The molecule has 7 heteroatoms. The molecule has 1 N–H and O–H groups in total. The Morgan fingerprint density at radius 2 is 2.19 bits per heavy atom. The summed E-state index contributed by atoms with van der Waals surface area (Å²) >= 11 is 1.69. The van der Waals surface area contributed by atoms with Crippen LogP contribution < -0.4 is 0 Å². The number of rotatable bonds is 5. The Morgan fingerprint density at radius 1 is 1.43 bits per heavy atom. The van der Waals surface area contributed by atoms with Crippen molar-refractivity contribution in [3.05, 3.63) is 16.5 Å². The number of hydrogen-bond acceptors (Lipinski definition) is 5. The normalized spacial score (nSPS) is 14.4. The van der Waals surface area contributed by atoms with E-state index in [-0.39, 0.29) is 0 Å². The molecule has 0 saturated heterocycles. The highest BCUT2D eigenvalue weighted by Crippen LogP contribution is 2.37. The van der Waals surface area contributed by atoms with Crippen LogP contribution in [0, 0.1) is 0 Å². The van der Waals surface area contributed by atoms with Crippen LogP contribution in [0.5, 0.6) is 0 Å². The fourth-order valence-corrected chi connectivity index (χ4v) is 4.23. The third-order valence-corrected chi connectivity index (χ3v) is 5.64. The van der Waals surface area contributed by atoms with E-state index in [1.807, 2.05) is 13.8 Å². The number of hydrogen-bond donors (Lipinski definition) is 1. The SMILES string of the molecule is CCC(CC)(C(=O)O)n1nnnc1-c1cc2c(s1)CCC2. The van der Waals surface area contributed by atoms with Crippen molar-refractivity contribution in [2.24, 2.45) is 0 Å². The van der Waals surface area contributed by atoms with E-state index in [1.54, 1.807) is 11.3 Å². The van der Waals surface area contributed by atoms with Crippen LogP contribution in [0.25, 0.3) is 10.7 Å². The molecular formula is C14H18N4O2S. The van der Waals surface area contributed by atoms with Crippen LogP contribution in [0.1, 0.15) is 43.6 Å². The van der Waals surface area contributed by atoms with E-state index in [0.717, 1.165) is 17.7 Å². The molecule has 0 atom stereocenters. The number of carbonyl (C=O) groups is 1. The first-order valence-corrected chi connectivity index (χ1v) is 8.08. The Balaban J connectivity index is 2.09. The van der Waals surface area contributed by atoms with E-state index in [1.165, 1.54) is 21.5 Å². The van der Waals surface area contributed by atoms with E-state index in [9.17, 15) is 9.90 Å². The van der Waals surface area contributed by atoms with E-state index in [2.05, 4.69) is 21.6 Å². The molecule has 0 aliphatic heterocycles. The lowest BCUT2D eigenvalue weighted by Crippen LogP contribution is -2.42.